The summed E-state index contributed by atoms with van der Waals surface area (Å²) in [5, 5.41) is 0. The summed E-state index contributed by atoms with van der Waals surface area (Å²) in [6.45, 7) is 5.47. The molecule has 1 aromatic rings. The monoisotopic (exact) mass is 449 g/mol. The molecular weight excluding hydrogens is 410 g/mol. The van der Waals surface area contributed by atoms with Crippen LogP contribution in [0.3, 0.4) is 0 Å². The maximum Gasteiger partial charge on any atom is 0.246 e. The summed E-state index contributed by atoms with van der Waals surface area (Å²) >= 11 is 0. The quantitative estimate of drug-likeness (QED) is 0.670. The van der Waals surface area contributed by atoms with Crippen LogP contribution in [0.4, 0.5) is 0 Å². The first kappa shape index (κ1) is 22.6. The van der Waals surface area contributed by atoms with Gasteiger partial charge in [-0.25, -0.2) is 0 Å². The van der Waals surface area contributed by atoms with E-state index in [2.05, 4.69) is 24.9 Å². The van der Waals surface area contributed by atoms with Crippen molar-refractivity contribution in [1.82, 2.24) is 14.8 Å². The highest BCUT2D eigenvalue weighted by Gasteiger charge is 2.60. The van der Waals surface area contributed by atoms with E-state index >= 15 is 0 Å². The smallest absolute Gasteiger partial charge is 0.246 e. The second-order valence-electron chi connectivity index (χ2n) is 11.7. The summed E-state index contributed by atoms with van der Waals surface area (Å²) in [7, 11) is 3.90. The molecule has 1 aromatic heterocycles. The minimum Gasteiger partial charge on any atom is -0.340 e. The molecule has 0 N–H and O–H groups in total. The lowest BCUT2D eigenvalue weighted by Crippen LogP contribution is -2.59. The van der Waals surface area contributed by atoms with E-state index in [1.54, 1.807) is 6.20 Å². The van der Waals surface area contributed by atoms with Crippen molar-refractivity contribution in [3.05, 3.63) is 42.2 Å². The van der Waals surface area contributed by atoms with Gasteiger partial charge in [-0.2, -0.15) is 0 Å². The molecule has 2 amide bonds. The zero-order valence-corrected chi connectivity index (χ0v) is 20.7. The number of nitrogens with zero attached hydrogens (tertiary/aromatic N) is 3. The van der Waals surface area contributed by atoms with Gasteiger partial charge in [0.2, 0.25) is 11.8 Å². The van der Waals surface area contributed by atoms with Crippen LogP contribution in [0, 0.1) is 34.5 Å². The fourth-order valence-corrected chi connectivity index (χ4v) is 8.37. The average Bonchev–Trinajstić information content (AvgIpc) is 3.13. The molecule has 4 unspecified atom stereocenters. The molecule has 178 valence electrons. The van der Waals surface area contributed by atoms with Gasteiger partial charge in [0.1, 0.15) is 0 Å². The van der Waals surface area contributed by atoms with Gasteiger partial charge in [-0.05, 0) is 85.8 Å². The number of likely N-dealkylation sites (N-methyl/N-ethyl adjacent to an activating group) is 1. The molecule has 1 aliphatic heterocycles. The van der Waals surface area contributed by atoms with E-state index in [4.69, 9.17) is 0 Å². The molecule has 5 rings (SSSR count). The third-order valence-electron chi connectivity index (χ3n) is 10.3. The molecule has 0 spiro atoms. The topological polar surface area (TPSA) is 53.5 Å². The first-order valence-electron chi connectivity index (χ1n) is 12.8. The minimum atomic E-state index is 0.0870. The highest BCUT2D eigenvalue weighted by Crippen LogP contribution is 2.66. The number of fused-ring (bicyclic) bond motifs is 5. The van der Waals surface area contributed by atoms with E-state index in [0.717, 1.165) is 12.1 Å². The summed E-state index contributed by atoms with van der Waals surface area (Å²) in [5.74, 6) is 2.93. The lowest BCUT2D eigenvalue weighted by atomic mass is 9.47. The molecule has 4 aliphatic rings. The third-order valence-corrected chi connectivity index (χ3v) is 10.3. The predicted octanol–water partition coefficient (Wildman–Crippen LogP) is 4.69. The molecule has 3 saturated carbocycles. The Hall–Kier alpha value is -2.17. The van der Waals surface area contributed by atoms with Gasteiger partial charge < -0.3 is 9.80 Å². The Morgan fingerprint density at radius 3 is 2.73 bits per heavy atom. The summed E-state index contributed by atoms with van der Waals surface area (Å²) < 4.78 is 0. The van der Waals surface area contributed by atoms with Crippen LogP contribution in [-0.4, -0.2) is 46.7 Å². The largest absolute Gasteiger partial charge is 0.340 e. The Morgan fingerprint density at radius 1 is 1.15 bits per heavy atom. The molecule has 3 aliphatic carbocycles. The number of rotatable bonds is 4. The van der Waals surface area contributed by atoms with Crippen molar-refractivity contribution in [3.63, 3.8) is 0 Å². The van der Waals surface area contributed by atoms with Crippen LogP contribution in [0.5, 0.6) is 0 Å². The summed E-state index contributed by atoms with van der Waals surface area (Å²) in [4.78, 5) is 33.7. The number of amides is 2. The highest BCUT2D eigenvalue weighted by molar-refractivity contribution is 5.89. The van der Waals surface area contributed by atoms with Gasteiger partial charge in [-0.15, -0.1) is 0 Å². The van der Waals surface area contributed by atoms with E-state index in [-0.39, 0.29) is 22.6 Å². The van der Waals surface area contributed by atoms with E-state index in [1.165, 1.54) is 32.1 Å². The SMILES string of the molecule is CN(Cc1ccccn1)C(=O)C[C@H]1CCC2C3CCC4N(C)C(=O)C=C[C@]4(C)C3CC[C@@]21C. The van der Waals surface area contributed by atoms with Crippen LogP contribution in [0.1, 0.15) is 64.5 Å². The van der Waals surface area contributed by atoms with Crippen molar-refractivity contribution in [2.75, 3.05) is 14.1 Å². The Labute approximate surface area is 198 Å². The van der Waals surface area contributed by atoms with Gasteiger partial charge in [0.25, 0.3) is 0 Å². The molecule has 0 aromatic carbocycles. The molecule has 5 nitrogen and oxygen atoms in total. The first-order chi connectivity index (χ1) is 15.7. The summed E-state index contributed by atoms with van der Waals surface area (Å²) in [6.07, 6.45) is 13.7. The third kappa shape index (κ3) is 3.63. The Kier molecular flexibility index (Phi) is 5.65. The zero-order chi connectivity index (χ0) is 23.4. The van der Waals surface area contributed by atoms with E-state index < -0.39 is 0 Å². The summed E-state index contributed by atoms with van der Waals surface area (Å²) in [5.41, 5.74) is 1.29. The molecule has 0 bridgehead atoms. The second-order valence-corrected chi connectivity index (χ2v) is 11.7. The minimum absolute atomic E-state index is 0.0870. The highest BCUT2D eigenvalue weighted by atomic mass is 16.2. The number of hydrogen-bond acceptors (Lipinski definition) is 3. The van der Waals surface area contributed by atoms with Crippen molar-refractivity contribution >= 4 is 11.8 Å². The van der Waals surface area contributed by atoms with E-state index in [9.17, 15) is 9.59 Å². The fourth-order valence-electron chi connectivity index (χ4n) is 8.37. The van der Waals surface area contributed by atoms with Crippen LogP contribution >= 0.6 is 0 Å². The lowest BCUT2D eigenvalue weighted by molar-refractivity contribution is -0.139. The normalized spacial score (nSPS) is 39.6. The molecule has 0 radical (unpaired) electrons. The molecule has 7 atom stereocenters. The summed E-state index contributed by atoms with van der Waals surface area (Å²) in [6, 6.07) is 6.21. The number of aromatic nitrogens is 1. The van der Waals surface area contributed by atoms with Crippen molar-refractivity contribution < 1.29 is 9.59 Å². The number of hydrogen-bond donors (Lipinski definition) is 0. The van der Waals surface area contributed by atoms with Gasteiger partial charge in [-0.1, -0.05) is 26.0 Å². The van der Waals surface area contributed by atoms with Crippen LogP contribution in [-0.2, 0) is 16.1 Å². The van der Waals surface area contributed by atoms with Gasteiger partial charge in [0.05, 0.1) is 12.2 Å². The molecule has 5 heteroatoms. The molecular formula is C28H39N3O2. The molecule has 0 saturated heterocycles. The molecule has 33 heavy (non-hydrogen) atoms. The standard InChI is InChI=1S/C28H39N3O2/c1-27-14-12-23-21(9-11-24-28(23,2)15-13-25(32)31(24)4)22(27)10-8-19(27)17-26(33)30(3)18-20-7-5-6-16-29-20/h5-7,13,15-16,19,21-24H,8-12,14,17-18H2,1-4H3/t19-,21?,22?,23?,24?,27-,28-/m1/s1. The first-order valence-corrected chi connectivity index (χ1v) is 12.8. The maximum atomic E-state index is 13.2. The Bertz CT molecular complexity index is 946. The Morgan fingerprint density at radius 2 is 1.97 bits per heavy atom. The lowest BCUT2D eigenvalue weighted by Gasteiger charge is -2.60. The van der Waals surface area contributed by atoms with Gasteiger partial charge in [0, 0.05) is 38.2 Å². The van der Waals surface area contributed by atoms with Crippen molar-refractivity contribution in [3.8, 4) is 0 Å². The van der Waals surface area contributed by atoms with Crippen molar-refractivity contribution in [2.45, 2.75) is 71.4 Å². The Balaban J connectivity index is 1.29. The van der Waals surface area contributed by atoms with Gasteiger partial charge in [0.15, 0.2) is 0 Å². The predicted molar refractivity (Wildman–Crippen MR) is 129 cm³/mol. The second kappa shape index (κ2) is 8.25. The fraction of sp³-hybridized carbons (Fsp3) is 0.679. The van der Waals surface area contributed by atoms with E-state index in [1.807, 2.05) is 48.2 Å². The molecule has 3 fully saturated rings. The van der Waals surface area contributed by atoms with Crippen LogP contribution < -0.4 is 0 Å². The van der Waals surface area contributed by atoms with Gasteiger partial charge >= 0.3 is 0 Å². The van der Waals surface area contributed by atoms with E-state index in [0.29, 0.717) is 42.7 Å². The average molecular weight is 450 g/mol. The van der Waals surface area contributed by atoms with Crippen LogP contribution in [0.25, 0.3) is 0 Å². The van der Waals surface area contributed by atoms with Crippen molar-refractivity contribution in [2.24, 2.45) is 34.5 Å². The number of carbonyl (C=O) groups excluding carboxylic acids is 2. The number of pyridine rings is 1. The number of carbonyl (C=O) groups is 2. The van der Waals surface area contributed by atoms with Crippen molar-refractivity contribution in [1.29, 1.82) is 0 Å². The van der Waals surface area contributed by atoms with Gasteiger partial charge in [-0.3, -0.25) is 14.6 Å². The van der Waals surface area contributed by atoms with Crippen LogP contribution in [0.15, 0.2) is 36.5 Å². The maximum absolute atomic E-state index is 13.2. The zero-order valence-electron chi connectivity index (χ0n) is 20.7. The van der Waals surface area contributed by atoms with Crippen LogP contribution in [0.2, 0.25) is 0 Å². The molecule has 2 heterocycles.